The Kier molecular flexibility index (Phi) is 12.6. The molecule has 0 aliphatic rings. The maximum atomic E-state index is 11.3. The second-order valence-electron chi connectivity index (χ2n) is 8.57. The van der Waals surface area contributed by atoms with Gasteiger partial charge in [0.2, 0.25) is 0 Å². The number of hydrogen-bond donors (Lipinski definition) is 2. The highest BCUT2D eigenvalue weighted by molar-refractivity contribution is 5.92. The Balaban J connectivity index is 0.000000251. The molecule has 4 nitrogen and oxygen atoms in total. The van der Waals surface area contributed by atoms with Crippen LogP contribution >= 0.6 is 0 Å². The second kappa shape index (κ2) is 16.0. The van der Waals surface area contributed by atoms with E-state index >= 15 is 0 Å². The van der Waals surface area contributed by atoms with Gasteiger partial charge < -0.3 is 10.2 Å². The SMILES string of the molecule is CCCCC(CCc1ccccc1)C(=O)O.O=C(O)C(=Cc1ccccc1)CCc1ccccc1. The standard InChI is InChI=1S/C17H16O2.C14H20O2/c18-17(19)16(13-15-9-5-2-6-10-15)12-11-14-7-3-1-4-8-14;1-2-3-9-13(14(15)16)11-10-12-7-5-4-6-8-12/h1-10,13H,11-12H2,(H,18,19);4-8,13H,2-3,9-11H2,1H3,(H,15,16). The van der Waals surface area contributed by atoms with E-state index < -0.39 is 11.9 Å². The highest BCUT2D eigenvalue weighted by Crippen LogP contribution is 2.17. The molecule has 184 valence electrons. The maximum Gasteiger partial charge on any atom is 0.331 e. The molecule has 1 unspecified atom stereocenters. The van der Waals surface area contributed by atoms with Gasteiger partial charge in [-0.1, -0.05) is 111 Å². The lowest BCUT2D eigenvalue weighted by atomic mass is 9.95. The molecule has 3 rings (SSSR count). The van der Waals surface area contributed by atoms with Crippen LogP contribution in [0.1, 0.15) is 55.7 Å². The molecule has 0 spiro atoms. The van der Waals surface area contributed by atoms with Crippen LogP contribution in [0.4, 0.5) is 0 Å². The Morgan fingerprint density at radius 1 is 0.743 bits per heavy atom. The number of benzene rings is 3. The van der Waals surface area contributed by atoms with Crippen molar-refractivity contribution in [3.63, 3.8) is 0 Å². The van der Waals surface area contributed by atoms with Crippen LogP contribution in [-0.2, 0) is 22.4 Å². The molecule has 0 amide bonds. The van der Waals surface area contributed by atoms with Crippen molar-refractivity contribution in [2.45, 2.75) is 51.9 Å². The fourth-order valence-electron chi connectivity index (χ4n) is 3.74. The zero-order chi connectivity index (χ0) is 25.3. The molecule has 0 aliphatic carbocycles. The molecule has 1 atom stereocenters. The summed E-state index contributed by atoms with van der Waals surface area (Å²) in [6.07, 6.45) is 7.51. The van der Waals surface area contributed by atoms with Crippen LogP contribution in [0.25, 0.3) is 6.08 Å². The average molecular weight is 473 g/mol. The van der Waals surface area contributed by atoms with Gasteiger partial charge in [0.25, 0.3) is 0 Å². The van der Waals surface area contributed by atoms with Crippen LogP contribution in [0.3, 0.4) is 0 Å². The van der Waals surface area contributed by atoms with Gasteiger partial charge >= 0.3 is 11.9 Å². The third-order valence-electron chi connectivity index (χ3n) is 5.82. The van der Waals surface area contributed by atoms with Gasteiger partial charge in [0, 0.05) is 5.57 Å². The normalized spacial score (nSPS) is 11.7. The Hall–Kier alpha value is -3.66. The van der Waals surface area contributed by atoms with Crippen LogP contribution in [0.2, 0.25) is 0 Å². The molecule has 0 heterocycles. The molecule has 0 saturated carbocycles. The second-order valence-corrected chi connectivity index (χ2v) is 8.57. The minimum Gasteiger partial charge on any atom is -0.481 e. The molecule has 0 aliphatic heterocycles. The van der Waals surface area contributed by atoms with Gasteiger partial charge in [0.05, 0.1) is 5.92 Å². The van der Waals surface area contributed by atoms with Crippen molar-refractivity contribution in [2.24, 2.45) is 5.92 Å². The van der Waals surface area contributed by atoms with E-state index in [1.165, 1.54) is 5.56 Å². The van der Waals surface area contributed by atoms with Crippen molar-refractivity contribution < 1.29 is 19.8 Å². The summed E-state index contributed by atoms with van der Waals surface area (Å²) in [4.78, 5) is 22.3. The molecule has 3 aromatic carbocycles. The van der Waals surface area contributed by atoms with Gasteiger partial charge in [-0.05, 0) is 54.9 Å². The van der Waals surface area contributed by atoms with Crippen LogP contribution in [0.15, 0.2) is 96.6 Å². The largest absolute Gasteiger partial charge is 0.481 e. The van der Waals surface area contributed by atoms with Crippen molar-refractivity contribution in [2.75, 3.05) is 0 Å². The first-order valence-electron chi connectivity index (χ1n) is 12.3. The van der Waals surface area contributed by atoms with Crippen molar-refractivity contribution in [1.82, 2.24) is 0 Å². The number of carboxylic acids is 2. The van der Waals surface area contributed by atoms with Crippen LogP contribution in [0.5, 0.6) is 0 Å². The van der Waals surface area contributed by atoms with E-state index in [9.17, 15) is 14.7 Å². The van der Waals surface area contributed by atoms with Gasteiger partial charge in [-0.15, -0.1) is 0 Å². The summed E-state index contributed by atoms with van der Waals surface area (Å²) in [6, 6.07) is 29.6. The predicted octanol–water partition coefficient (Wildman–Crippen LogP) is 7.30. The van der Waals surface area contributed by atoms with Gasteiger partial charge in [0.15, 0.2) is 0 Å². The lowest BCUT2D eigenvalue weighted by Gasteiger charge is -2.11. The number of carboxylic acid groups (broad SMARTS) is 2. The third kappa shape index (κ3) is 11.3. The minimum atomic E-state index is -0.847. The van der Waals surface area contributed by atoms with Gasteiger partial charge in [-0.3, -0.25) is 4.79 Å². The highest BCUT2D eigenvalue weighted by Gasteiger charge is 2.16. The predicted molar refractivity (Wildman–Crippen MR) is 142 cm³/mol. The minimum absolute atomic E-state index is 0.180. The Bertz CT molecular complexity index is 1030. The van der Waals surface area contributed by atoms with E-state index in [0.29, 0.717) is 12.0 Å². The molecule has 0 saturated heterocycles. The fourth-order valence-corrected chi connectivity index (χ4v) is 3.74. The van der Waals surface area contributed by atoms with Crippen LogP contribution < -0.4 is 0 Å². The molecule has 0 fully saturated rings. The number of aliphatic carboxylic acids is 2. The summed E-state index contributed by atoms with van der Waals surface area (Å²) < 4.78 is 0. The fraction of sp³-hybridized carbons (Fsp3) is 0.290. The summed E-state index contributed by atoms with van der Waals surface area (Å²) in [7, 11) is 0. The number of aryl methyl sites for hydroxylation is 2. The molecule has 0 bridgehead atoms. The summed E-state index contributed by atoms with van der Waals surface area (Å²) in [5.41, 5.74) is 3.75. The quantitative estimate of drug-likeness (QED) is 0.271. The van der Waals surface area contributed by atoms with E-state index in [4.69, 9.17) is 5.11 Å². The highest BCUT2D eigenvalue weighted by atomic mass is 16.4. The Morgan fingerprint density at radius 2 is 1.26 bits per heavy atom. The molecular formula is C31H36O4. The van der Waals surface area contributed by atoms with Gasteiger partial charge in [-0.25, -0.2) is 4.79 Å². The maximum absolute atomic E-state index is 11.3. The summed E-state index contributed by atoms with van der Waals surface area (Å²) in [6.45, 7) is 2.09. The average Bonchev–Trinajstić information content (AvgIpc) is 2.88. The van der Waals surface area contributed by atoms with Crippen molar-refractivity contribution in [3.8, 4) is 0 Å². The summed E-state index contributed by atoms with van der Waals surface area (Å²) >= 11 is 0. The number of rotatable bonds is 12. The van der Waals surface area contributed by atoms with Crippen molar-refractivity contribution >= 4 is 18.0 Å². The zero-order valence-electron chi connectivity index (χ0n) is 20.5. The third-order valence-corrected chi connectivity index (χ3v) is 5.82. The van der Waals surface area contributed by atoms with Crippen LogP contribution in [-0.4, -0.2) is 22.2 Å². The van der Waals surface area contributed by atoms with Gasteiger partial charge in [-0.2, -0.15) is 0 Å². The van der Waals surface area contributed by atoms with Crippen molar-refractivity contribution in [3.05, 3.63) is 113 Å². The van der Waals surface area contributed by atoms with Crippen LogP contribution in [0, 0.1) is 5.92 Å². The molecular weight excluding hydrogens is 436 g/mol. The molecule has 35 heavy (non-hydrogen) atoms. The topological polar surface area (TPSA) is 74.6 Å². The lowest BCUT2D eigenvalue weighted by molar-refractivity contribution is -0.142. The Morgan fingerprint density at radius 3 is 1.74 bits per heavy atom. The zero-order valence-corrected chi connectivity index (χ0v) is 20.5. The molecule has 0 aromatic heterocycles. The smallest absolute Gasteiger partial charge is 0.331 e. The monoisotopic (exact) mass is 472 g/mol. The van der Waals surface area contributed by atoms with E-state index in [1.807, 2.05) is 78.9 Å². The lowest BCUT2D eigenvalue weighted by Crippen LogP contribution is -2.14. The summed E-state index contributed by atoms with van der Waals surface area (Å²) in [5, 5.41) is 18.3. The first-order valence-corrected chi connectivity index (χ1v) is 12.3. The van der Waals surface area contributed by atoms with Gasteiger partial charge in [0.1, 0.15) is 0 Å². The van der Waals surface area contributed by atoms with E-state index in [1.54, 1.807) is 6.08 Å². The van der Waals surface area contributed by atoms with E-state index in [-0.39, 0.29) is 5.92 Å². The van der Waals surface area contributed by atoms with Crippen molar-refractivity contribution in [1.29, 1.82) is 0 Å². The van der Waals surface area contributed by atoms with E-state index in [0.717, 1.165) is 49.7 Å². The first kappa shape index (κ1) is 27.6. The summed E-state index contributed by atoms with van der Waals surface area (Å²) in [5.74, 6) is -1.68. The molecule has 2 N–H and O–H groups in total. The van der Waals surface area contributed by atoms with E-state index in [2.05, 4.69) is 19.1 Å². The Labute approximate surface area is 209 Å². The number of carbonyl (C=O) groups is 2. The molecule has 4 heteroatoms. The number of unbranched alkanes of at least 4 members (excludes halogenated alkanes) is 1. The number of hydrogen-bond acceptors (Lipinski definition) is 2. The molecule has 0 radical (unpaired) electrons. The first-order chi connectivity index (χ1) is 17.0. The molecule has 3 aromatic rings.